The average molecular weight is 304 g/mol. The minimum absolute atomic E-state index is 0.134. The summed E-state index contributed by atoms with van der Waals surface area (Å²) in [7, 11) is 0. The summed E-state index contributed by atoms with van der Waals surface area (Å²) in [5, 5.41) is 2.07. The summed E-state index contributed by atoms with van der Waals surface area (Å²) < 4.78 is 1.56. The second kappa shape index (κ2) is 5.26. The van der Waals surface area contributed by atoms with Gasteiger partial charge in [0.25, 0.3) is 5.56 Å². The molecule has 3 rings (SSSR count). The molecule has 2 heterocycles. The predicted octanol–water partition coefficient (Wildman–Crippen LogP) is 3.16. The lowest BCUT2D eigenvalue weighted by Gasteiger charge is -2.09. The van der Waals surface area contributed by atoms with E-state index in [-0.39, 0.29) is 5.56 Å². The largest absolute Gasteiger partial charge is 0.269 e. The van der Waals surface area contributed by atoms with Gasteiger partial charge >= 0.3 is 0 Å². The molecular formula is C14H10ClN3OS. The third kappa shape index (κ3) is 2.30. The van der Waals surface area contributed by atoms with E-state index in [1.54, 1.807) is 41.1 Å². The monoisotopic (exact) mass is 303 g/mol. The van der Waals surface area contributed by atoms with E-state index in [0.29, 0.717) is 15.8 Å². The van der Waals surface area contributed by atoms with E-state index in [4.69, 9.17) is 11.6 Å². The van der Waals surface area contributed by atoms with E-state index >= 15 is 0 Å². The van der Waals surface area contributed by atoms with Gasteiger partial charge in [-0.2, -0.15) is 0 Å². The van der Waals surface area contributed by atoms with Crippen LogP contribution >= 0.6 is 23.4 Å². The van der Waals surface area contributed by atoms with Crippen molar-refractivity contribution in [1.82, 2.24) is 14.5 Å². The van der Waals surface area contributed by atoms with Crippen molar-refractivity contribution >= 4 is 34.4 Å². The Labute approximate surface area is 124 Å². The first-order valence-corrected chi connectivity index (χ1v) is 7.48. The second-order valence-electron chi connectivity index (χ2n) is 4.12. The Balaban J connectivity index is 2.35. The first-order valence-electron chi connectivity index (χ1n) is 5.88. The molecule has 0 amide bonds. The number of rotatable bonds is 2. The van der Waals surface area contributed by atoms with Gasteiger partial charge in [-0.15, -0.1) is 0 Å². The van der Waals surface area contributed by atoms with E-state index in [1.807, 2.05) is 6.26 Å². The molecule has 20 heavy (non-hydrogen) atoms. The molecule has 0 N–H and O–H groups in total. The van der Waals surface area contributed by atoms with E-state index in [2.05, 4.69) is 9.97 Å². The third-order valence-corrected chi connectivity index (χ3v) is 3.69. The molecule has 0 aliphatic carbocycles. The minimum atomic E-state index is -0.134. The van der Waals surface area contributed by atoms with Crippen molar-refractivity contribution in [3.63, 3.8) is 0 Å². The van der Waals surface area contributed by atoms with Gasteiger partial charge in [0.15, 0.2) is 10.8 Å². The van der Waals surface area contributed by atoms with Crippen LogP contribution in [0.15, 0.2) is 52.5 Å². The fourth-order valence-corrected chi connectivity index (χ4v) is 2.40. The predicted molar refractivity (Wildman–Crippen MR) is 81.9 cm³/mol. The molecule has 0 atom stereocenters. The van der Waals surface area contributed by atoms with Gasteiger partial charge in [0.05, 0.1) is 5.69 Å². The number of benzene rings is 1. The molecule has 0 saturated carbocycles. The number of aromatic nitrogens is 3. The molecule has 0 radical (unpaired) electrons. The maximum absolute atomic E-state index is 12.2. The summed E-state index contributed by atoms with van der Waals surface area (Å²) in [4.78, 5) is 20.8. The van der Waals surface area contributed by atoms with E-state index < -0.39 is 0 Å². The highest BCUT2D eigenvalue weighted by Crippen LogP contribution is 2.18. The Morgan fingerprint density at radius 2 is 1.90 bits per heavy atom. The van der Waals surface area contributed by atoms with Crippen LogP contribution in [-0.2, 0) is 0 Å². The topological polar surface area (TPSA) is 47.8 Å². The number of thioether (sulfide) groups is 1. The van der Waals surface area contributed by atoms with E-state index in [1.165, 1.54) is 17.8 Å². The van der Waals surface area contributed by atoms with Gasteiger partial charge in [0, 0.05) is 22.7 Å². The van der Waals surface area contributed by atoms with E-state index in [0.717, 1.165) is 11.1 Å². The first kappa shape index (κ1) is 13.1. The van der Waals surface area contributed by atoms with Crippen LogP contribution in [0.1, 0.15) is 0 Å². The molecule has 1 aromatic carbocycles. The van der Waals surface area contributed by atoms with Crippen molar-refractivity contribution in [3.05, 3.63) is 58.0 Å². The summed E-state index contributed by atoms with van der Waals surface area (Å²) in [6, 6.07) is 10.3. The molecule has 0 fully saturated rings. The fourth-order valence-electron chi connectivity index (χ4n) is 1.94. The maximum Gasteiger partial charge on any atom is 0.256 e. The maximum atomic E-state index is 12.2. The highest BCUT2D eigenvalue weighted by molar-refractivity contribution is 7.98. The van der Waals surface area contributed by atoms with Crippen LogP contribution in [-0.4, -0.2) is 20.8 Å². The normalized spacial score (nSPS) is 10.9. The van der Waals surface area contributed by atoms with Crippen LogP contribution in [0.5, 0.6) is 0 Å². The summed E-state index contributed by atoms with van der Waals surface area (Å²) >= 11 is 7.33. The molecule has 0 spiro atoms. The van der Waals surface area contributed by atoms with Crippen LogP contribution in [0.25, 0.3) is 16.7 Å². The van der Waals surface area contributed by atoms with Crippen molar-refractivity contribution in [2.24, 2.45) is 0 Å². The van der Waals surface area contributed by atoms with Gasteiger partial charge in [0.2, 0.25) is 0 Å². The molecule has 2 aromatic heterocycles. The summed E-state index contributed by atoms with van der Waals surface area (Å²) in [6.45, 7) is 0. The standard InChI is InChI=1S/C14H10ClN3OS/c1-20-14-16-8-9-2-7-12(19)18(13(9)17-14)11-5-3-10(15)4-6-11/h2-8H,1H3. The Morgan fingerprint density at radius 1 is 1.15 bits per heavy atom. The van der Waals surface area contributed by atoms with Crippen molar-refractivity contribution in [2.75, 3.05) is 6.26 Å². The van der Waals surface area contributed by atoms with Gasteiger partial charge in [-0.3, -0.25) is 9.36 Å². The third-order valence-electron chi connectivity index (χ3n) is 2.88. The zero-order valence-electron chi connectivity index (χ0n) is 10.6. The van der Waals surface area contributed by atoms with Gasteiger partial charge in [-0.05, 0) is 36.6 Å². The number of hydrogen-bond acceptors (Lipinski definition) is 4. The molecule has 0 unspecified atom stereocenters. The number of fused-ring (bicyclic) bond motifs is 1. The van der Waals surface area contributed by atoms with Crippen molar-refractivity contribution < 1.29 is 0 Å². The summed E-state index contributed by atoms with van der Waals surface area (Å²) in [5.41, 5.74) is 1.19. The average Bonchev–Trinajstić information content (AvgIpc) is 2.48. The van der Waals surface area contributed by atoms with Crippen LogP contribution in [0.4, 0.5) is 0 Å². The molecule has 0 aliphatic heterocycles. The molecule has 6 heteroatoms. The molecule has 4 nitrogen and oxygen atoms in total. The van der Waals surface area contributed by atoms with Crippen molar-refractivity contribution in [3.8, 4) is 5.69 Å². The second-order valence-corrected chi connectivity index (χ2v) is 5.33. The van der Waals surface area contributed by atoms with Gasteiger partial charge in [0.1, 0.15) is 0 Å². The summed E-state index contributed by atoms with van der Waals surface area (Å²) in [5.74, 6) is 0. The van der Waals surface area contributed by atoms with Crippen LogP contribution in [0.3, 0.4) is 0 Å². The summed E-state index contributed by atoms with van der Waals surface area (Å²) in [6.07, 6.45) is 3.62. The SMILES string of the molecule is CSc1ncc2ccc(=O)n(-c3ccc(Cl)cc3)c2n1. The lowest BCUT2D eigenvalue weighted by atomic mass is 10.2. The van der Waals surface area contributed by atoms with E-state index in [9.17, 15) is 4.79 Å². The number of hydrogen-bond donors (Lipinski definition) is 0. The lowest BCUT2D eigenvalue weighted by molar-refractivity contribution is 0.938. The van der Waals surface area contributed by atoms with Crippen molar-refractivity contribution in [2.45, 2.75) is 5.16 Å². The fraction of sp³-hybridized carbons (Fsp3) is 0.0714. The molecular weight excluding hydrogens is 294 g/mol. The van der Waals surface area contributed by atoms with Gasteiger partial charge in [-0.25, -0.2) is 9.97 Å². The van der Waals surface area contributed by atoms with Gasteiger partial charge in [-0.1, -0.05) is 23.4 Å². The molecule has 0 saturated heterocycles. The molecule has 0 aliphatic rings. The van der Waals surface area contributed by atoms with Crippen LogP contribution < -0.4 is 5.56 Å². The van der Waals surface area contributed by atoms with Crippen LogP contribution in [0, 0.1) is 0 Å². The highest BCUT2D eigenvalue weighted by atomic mass is 35.5. The highest BCUT2D eigenvalue weighted by Gasteiger charge is 2.08. The Morgan fingerprint density at radius 3 is 2.60 bits per heavy atom. The number of halogens is 1. The van der Waals surface area contributed by atoms with Crippen molar-refractivity contribution in [1.29, 1.82) is 0 Å². The Hall–Kier alpha value is -1.85. The Bertz CT molecular complexity index is 830. The smallest absolute Gasteiger partial charge is 0.256 e. The molecule has 100 valence electrons. The Kier molecular flexibility index (Phi) is 3.46. The first-order chi connectivity index (χ1) is 9.69. The zero-order valence-corrected chi connectivity index (χ0v) is 12.1. The molecule has 0 bridgehead atoms. The van der Waals surface area contributed by atoms with Crippen LogP contribution in [0.2, 0.25) is 5.02 Å². The van der Waals surface area contributed by atoms with Gasteiger partial charge < -0.3 is 0 Å². The number of pyridine rings is 1. The quantitative estimate of drug-likeness (QED) is 0.539. The molecule has 3 aromatic rings. The number of nitrogens with zero attached hydrogens (tertiary/aromatic N) is 3. The zero-order chi connectivity index (χ0) is 14.1. The lowest BCUT2D eigenvalue weighted by Crippen LogP contribution is -2.18. The minimum Gasteiger partial charge on any atom is -0.269 e.